The number of nitrogens with one attached hydrogen (secondary N) is 3. The van der Waals surface area contributed by atoms with Crippen molar-refractivity contribution in [3.8, 4) is 5.75 Å². The van der Waals surface area contributed by atoms with Crippen LogP contribution in [-0.2, 0) is 14.4 Å². The van der Waals surface area contributed by atoms with Crippen LogP contribution in [0.2, 0.25) is 0 Å². The average Bonchev–Trinajstić information content (AvgIpc) is 3.59. The first-order chi connectivity index (χ1) is 22.2. The van der Waals surface area contributed by atoms with Crippen LogP contribution in [0.3, 0.4) is 0 Å². The van der Waals surface area contributed by atoms with Gasteiger partial charge in [-0.25, -0.2) is 0 Å². The highest BCUT2D eigenvalue weighted by molar-refractivity contribution is 7.12. The van der Waals surface area contributed by atoms with E-state index in [1.165, 1.54) is 30.6 Å². The van der Waals surface area contributed by atoms with E-state index in [1.54, 1.807) is 41.8 Å². The van der Waals surface area contributed by atoms with Crippen LogP contribution in [0.5, 0.6) is 5.75 Å². The predicted octanol–water partition coefficient (Wildman–Crippen LogP) is 1.82. The molecule has 4 amide bonds. The Bertz CT molecular complexity index is 1280. The SMILES string of the molecule is NCCCC[C@H](NC(=O)[C@H](CCCN=C(N)N)NC(=O)c1cccs1)C(=O)N[C@H](C(N)=O)c1ccc(OCC2CCCCC2)cc1. The topological polar surface area (TPSA) is 230 Å². The van der Waals surface area contributed by atoms with Gasteiger partial charge in [0.05, 0.1) is 11.5 Å². The van der Waals surface area contributed by atoms with Gasteiger partial charge in [-0.1, -0.05) is 37.5 Å². The summed E-state index contributed by atoms with van der Waals surface area (Å²) in [6.45, 7) is 1.31. The molecule has 1 aliphatic carbocycles. The van der Waals surface area contributed by atoms with Gasteiger partial charge in [-0.2, -0.15) is 0 Å². The van der Waals surface area contributed by atoms with Crippen LogP contribution >= 0.6 is 11.3 Å². The molecule has 1 aliphatic rings. The summed E-state index contributed by atoms with van der Waals surface area (Å²) in [6, 6.07) is 7.16. The van der Waals surface area contributed by atoms with Gasteiger partial charge in [-0.05, 0) is 86.6 Å². The normalized spacial score (nSPS) is 15.2. The molecular weight excluding hydrogens is 608 g/mol. The Morgan fingerprint density at radius 2 is 1.54 bits per heavy atom. The number of aliphatic imine (C=N–C) groups is 1. The van der Waals surface area contributed by atoms with Gasteiger partial charge in [0, 0.05) is 6.54 Å². The summed E-state index contributed by atoms with van der Waals surface area (Å²) in [6.07, 6.45) is 8.09. The number of carbonyl (C=O) groups excluding carboxylic acids is 4. The largest absolute Gasteiger partial charge is 0.493 e. The number of carbonyl (C=O) groups is 4. The molecule has 14 heteroatoms. The van der Waals surface area contributed by atoms with Crippen molar-refractivity contribution >= 4 is 40.9 Å². The Morgan fingerprint density at radius 3 is 2.17 bits per heavy atom. The highest BCUT2D eigenvalue weighted by Gasteiger charge is 2.30. The van der Waals surface area contributed by atoms with Gasteiger partial charge >= 0.3 is 0 Å². The van der Waals surface area contributed by atoms with E-state index in [2.05, 4.69) is 20.9 Å². The van der Waals surface area contributed by atoms with Crippen molar-refractivity contribution in [3.05, 3.63) is 52.2 Å². The third kappa shape index (κ3) is 12.3. The van der Waals surface area contributed by atoms with Crippen molar-refractivity contribution in [2.45, 2.75) is 82.3 Å². The van der Waals surface area contributed by atoms with E-state index in [0.717, 1.165) is 12.8 Å². The molecule has 0 radical (unpaired) electrons. The van der Waals surface area contributed by atoms with Crippen LogP contribution < -0.4 is 43.6 Å². The summed E-state index contributed by atoms with van der Waals surface area (Å²) >= 11 is 1.24. The van der Waals surface area contributed by atoms with Crippen molar-refractivity contribution in [2.24, 2.45) is 33.8 Å². The highest BCUT2D eigenvalue weighted by Crippen LogP contribution is 2.25. The molecule has 0 spiro atoms. The van der Waals surface area contributed by atoms with Crippen LogP contribution in [0.25, 0.3) is 0 Å². The highest BCUT2D eigenvalue weighted by atomic mass is 32.1. The molecule has 1 heterocycles. The summed E-state index contributed by atoms with van der Waals surface area (Å²) in [5.41, 5.74) is 22.7. The molecule has 1 saturated carbocycles. The van der Waals surface area contributed by atoms with Gasteiger partial charge < -0.3 is 43.6 Å². The zero-order chi connectivity index (χ0) is 33.3. The first-order valence-electron chi connectivity index (χ1n) is 15.9. The molecule has 2 aromatic rings. The quantitative estimate of drug-likeness (QED) is 0.0668. The number of rotatable bonds is 19. The van der Waals surface area contributed by atoms with Crippen LogP contribution in [0.4, 0.5) is 0 Å². The molecule has 1 aromatic carbocycles. The van der Waals surface area contributed by atoms with Crippen molar-refractivity contribution in [1.29, 1.82) is 0 Å². The van der Waals surface area contributed by atoms with Crippen LogP contribution in [0, 0.1) is 5.92 Å². The number of unbranched alkanes of at least 4 members (excludes halogenated alkanes) is 1. The molecule has 3 rings (SSSR count). The molecule has 1 fully saturated rings. The molecule has 0 saturated heterocycles. The maximum atomic E-state index is 13.6. The van der Waals surface area contributed by atoms with E-state index in [4.69, 9.17) is 27.7 Å². The van der Waals surface area contributed by atoms with E-state index >= 15 is 0 Å². The average molecular weight is 657 g/mol. The summed E-state index contributed by atoms with van der Waals surface area (Å²) in [5, 5.41) is 9.98. The Balaban J connectivity index is 1.69. The number of benzene rings is 1. The third-order valence-corrected chi connectivity index (χ3v) is 8.76. The van der Waals surface area contributed by atoms with E-state index in [0.29, 0.717) is 54.5 Å². The molecular formula is C32H48N8O5S. The van der Waals surface area contributed by atoms with Gasteiger partial charge in [-0.15, -0.1) is 11.3 Å². The lowest BCUT2D eigenvalue weighted by atomic mass is 9.90. The standard InChI is InChI=1S/C32H48N8O5S/c33-17-5-4-10-24(38-29(42)25(11-6-18-37-32(35)36)39-31(44)26-12-7-19-46-26)30(43)40-27(28(34)41)22-13-15-23(16-14-22)45-20-21-8-2-1-3-9-21/h7,12-16,19,21,24-25,27H,1-6,8-11,17-18,20,33H2,(H2,34,41)(H,38,42)(H,39,44)(H,40,43)(H4,35,36,37)/t24-,25-,27-/m0/s1. The van der Waals surface area contributed by atoms with Crippen molar-refractivity contribution in [3.63, 3.8) is 0 Å². The number of hydrogen-bond acceptors (Lipinski definition) is 8. The second-order valence-electron chi connectivity index (χ2n) is 11.5. The molecule has 11 N–H and O–H groups in total. The van der Waals surface area contributed by atoms with E-state index in [9.17, 15) is 19.2 Å². The summed E-state index contributed by atoms with van der Waals surface area (Å²) in [4.78, 5) is 56.7. The first-order valence-corrected chi connectivity index (χ1v) is 16.8. The molecule has 46 heavy (non-hydrogen) atoms. The van der Waals surface area contributed by atoms with E-state index in [1.807, 2.05) is 0 Å². The number of ether oxygens (including phenoxy) is 1. The lowest BCUT2D eigenvalue weighted by Gasteiger charge is -2.25. The molecule has 252 valence electrons. The Hall–Kier alpha value is -4.17. The van der Waals surface area contributed by atoms with Crippen molar-refractivity contribution < 1.29 is 23.9 Å². The molecule has 3 atom stereocenters. The second kappa shape index (κ2) is 19.4. The number of primary amides is 1. The van der Waals surface area contributed by atoms with Gasteiger partial charge in [0.1, 0.15) is 23.9 Å². The number of nitrogens with zero attached hydrogens (tertiary/aromatic N) is 1. The number of amides is 4. The lowest BCUT2D eigenvalue weighted by molar-refractivity contribution is -0.132. The number of hydrogen-bond donors (Lipinski definition) is 7. The van der Waals surface area contributed by atoms with E-state index < -0.39 is 41.8 Å². The van der Waals surface area contributed by atoms with Gasteiger partial charge in [-0.3, -0.25) is 24.2 Å². The minimum absolute atomic E-state index is 0.0779. The minimum atomic E-state index is -1.14. The van der Waals surface area contributed by atoms with Gasteiger partial charge in [0.25, 0.3) is 5.91 Å². The Labute approximate surface area is 274 Å². The van der Waals surface area contributed by atoms with Gasteiger partial charge in [0.2, 0.25) is 17.7 Å². The maximum Gasteiger partial charge on any atom is 0.261 e. The fourth-order valence-corrected chi connectivity index (χ4v) is 5.96. The predicted molar refractivity (Wildman–Crippen MR) is 179 cm³/mol. The van der Waals surface area contributed by atoms with Crippen LogP contribution in [0.15, 0.2) is 46.8 Å². The fraction of sp³-hybridized carbons (Fsp3) is 0.531. The number of thiophene rings is 1. The number of nitrogens with two attached hydrogens (primary N) is 4. The molecule has 0 bridgehead atoms. The lowest BCUT2D eigenvalue weighted by Crippen LogP contribution is -2.54. The Morgan fingerprint density at radius 1 is 0.870 bits per heavy atom. The van der Waals surface area contributed by atoms with Crippen LogP contribution in [0.1, 0.15) is 85.5 Å². The molecule has 13 nitrogen and oxygen atoms in total. The summed E-state index contributed by atoms with van der Waals surface area (Å²) in [5.74, 6) is -1.18. The smallest absolute Gasteiger partial charge is 0.261 e. The number of guanidine groups is 1. The zero-order valence-corrected chi connectivity index (χ0v) is 27.1. The second-order valence-corrected chi connectivity index (χ2v) is 12.5. The summed E-state index contributed by atoms with van der Waals surface area (Å²) in [7, 11) is 0. The van der Waals surface area contributed by atoms with Crippen molar-refractivity contribution in [1.82, 2.24) is 16.0 Å². The molecule has 1 aromatic heterocycles. The molecule has 0 unspecified atom stereocenters. The monoisotopic (exact) mass is 656 g/mol. The maximum absolute atomic E-state index is 13.6. The Kier molecular flexibility index (Phi) is 15.3. The molecule has 0 aliphatic heterocycles. The van der Waals surface area contributed by atoms with E-state index in [-0.39, 0.29) is 25.3 Å². The summed E-state index contributed by atoms with van der Waals surface area (Å²) < 4.78 is 5.97. The first kappa shape index (κ1) is 36.3. The van der Waals surface area contributed by atoms with Crippen LogP contribution in [-0.4, -0.2) is 61.4 Å². The minimum Gasteiger partial charge on any atom is -0.493 e. The zero-order valence-electron chi connectivity index (χ0n) is 26.2. The third-order valence-electron chi connectivity index (χ3n) is 7.89. The van der Waals surface area contributed by atoms with Gasteiger partial charge in [0.15, 0.2) is 5.96 Å². The van der Waals surface area contributed by atoms with Crippen molar-refractivity contribution in [2.75, 3.05) is 19.7 Å². The fourth-order valence-electron chi connectivity index (χ4n) is 5.33.